The van der Waals surface area contributed by atoms with Gasteiger partial charge in [-0.25, -0.2) is 4.99 Å². The van der Waals surface area contributed by atoms with Crippen molar-refractivity contribution in [2.24, 2.45) is 4.99 Å². The first-order chi connectivity index (χ1) is 5.57. The van der Waals surface area contributed by atoms with E-state index in [9.17, 15) is 9.90 Å². The van der Waals surface area contributed by atoms with Crippen LogP contribution in [0.2, 0.25) is 0 Å². The van der Waals surface area contributed by atoms with Gasteiger partial charge in [0.05, 0.1) is 11.7 Å². The van der Waals surface area contributed by atoms with Gasteiger partial charge in [0.25, 0.3) is 0 Å². The molecule has 1 aliphatic heterocycles. The van der Waals surface area contributed by atoms with E-state index in [1.54, 1.807) is 6.92 Å². The molecule has 5 nitrogen and oxygen atoms in total. The molecule has 0 aliphatic carbocycles. The Kier molecular flexibility index (Phi) is 4.63. The Bertz CT molecular complexity index is 264. The molecule has 0 aromatic heterocycles. The summed E-state index contributed by atoms with van der Waals surface area (Å²) in [6.07, 6.45) is 2.78. The first-order valence-electron chi connectivity index (χ1n) is 3.38. The van der Waals surface area contributed by atoms with E-state index in [2.05, 4.69) is 10.3 Å². The third-order valence-electron chi connectivity index (χ3n) is 1.53. The molecule has 0 saturated heterocycles. The summed E-state index contributed by atoms with van der Waals surface area (Å²) in [5, 5.41) is 13.1. The van der Waals surface area contributed by atoms with Crippen LogP contribution in [0, 0.1) is 0 Å². The largest absolute Gasteiger partial charge is 1.00 e. The summed E-state index contributed by atoms with van der Waals surface area (Å²) in [4.78, 5) is 14.1. The Morgan fingerprint density at radius 1 is 1.77 bits per heavy atom. The van der Waals surface area contributed by atoms with Crippen molar-refractivity contribution in [2.75, 3.05) is 7.11 Å². The van der Waals surface area contributed by atoms with Crippen LogP contribution < -0.4 is 40.0 Å². The Labute approximate surface area is 98.2 Å². The van der Waals surface area contributed by atoms with Crippen molar-refractivity contribution in [3.8, 4) is 0 Å². The maximum atomic E-state index is 10.4. The fraction of sp³-hybridized carbons (Fsp3) is 0.429. The van der Waals surface area contributed by atoms with Crippen LogP contribution in [-0.2, 0) is 9.53 Å². The molecular weight excluding hydrogens is 183 g/mol. The second kappa shape index (κ2) is 4.76. The molecule has 0 radical (unpaired) electrons. The molecule has 0 bridgehead atoms. The molecule has 6 heteroatoms. The van der Waals surface area contributed by atoms with Crippen molar-refractivity contribution < 1.29 is 44.2 Å². The number of carbonyl (C=O) groups is 1. The van der Waals surface area contributed by atoms with Crippen LogP contribution >= 0.6 is 0 Å². The van der Waals surface area contributed by atoms with Gasteiger partial charge in [0.2, 0.25) is 5.85 Å². The smallest absolute Gasteiger partial charge is 0.543 e. The molecule has 0 fully saturated rings. The summed E-state index contributed by atoms with van der Waals surface area (Å²) in [5.41, 5.74) is -0.127. The fourth-order valence-electron chi connectivity index (χ4n) is 0.793. The van der Waals surface area contributed by atoms with Gasteiger partial charge in [-0.3, -0.25) is 0 Å². The molecule has 1 atom stereocenters. The number of carboxylic acids is 1. The first kappa shape index (κ1) is 12.6. The predicted octanol–water partition coefficient (Wildman–Crippen LogP) is -4.38. The number of carbonyl (C=O) groups excluding carboxylic acids is 1. The van der Waals surface area contributed by atoms with Gasteiger partial charge in [-0.05, 0) is 6.08 Å². The number of carboxylic acid groups (broad SMARTS) is 1. The van der Waals surface area contributed by atoms with Gasteiger partial charge in [0.15, 0.2) is 0 Å². The van der Waals surface area contributed by atoms with Gasteiger partial charge in [0, 0.05) is 20.2 Å². The van der Waals surface area contributed by atoms with Gasteiger partial charge >= 0.3 is 29.6 Å². The monoisotopic (exact) mass is 192 g/mol. The van der Waals surface area contributed by atoms with Crippen LogP contribution in [0.25, 0.3) is 0 Å². The van der Waals surface area contributed by atoms with Gasteiger partial charge in [0.1, 0.15) is 0 Å². The van der Waals surface area contributed by atoms with Crippen LogP contribution in [0.15, 0.2) is 17.3 Å². The minimum atomic E-state index is -1.31. The second-order valence-electron chi connectivity index (χ2n) is 2.45. The first-order valence-corrected chi connectivity index (χ1v) is 3.38. The molecule has 0 saturated carbocycles. The van der Waals surface area contributed by atoms with Crippen molar-refractivity contribution in [1.82, 2.24) is 5.32 Å². The summed E-state index contributed by atoms with van der Waals surface area (Å²) < 4.78 is 4.92. The van der Waals surface area contributed by atoms with E-state index < -0.39 is 11.8 Å². The number of nitrogens with one attached hydrogen (secondary N) is 1. The fourth-order valence-corrected chi connectivity index (χ4v) is 0.793. The molecule has 13 heavy (non-hydrogen) atoms. The number of methoxy groups -OCH3 is 1. The van der Waals surface area contributed by atoms with E-state index in [4.69, 9.17) is 4.74 Å². The van der Waals surface area contributed by atoms with E-state index in [-0.39, 0.29) is 35.3 Å². The third-order valence-corrected chi connectivity index (χ3v) is 1.53. The maximum absolute atomic E-state index is 10.4. The zero-order chi connectivity index (χ0) is 9.19. The van der Waals surface area contributed by atoms with E-state index in [0.29, 0.717) is 0 Å². The summed E-state index contributed by atoms with van der Waals surface area (Å²) in [6.45, 7) is 1.61. The van der Waals surface area contributed by atoms with Gasteiger partial charge in [-0.1, -0.05) is 0 Å². The van der Waals surface area contributed by atoms with E-state index in [1.807, 2.05) is 0 Å². The summed E-state index contributed by atoms with van der Waals surface area (Å²) in [7, 11) is 1.43. The van der Waals surface area contributed by atoms with Crippen LogP contribution in [0.5, 0.6) is 0 Å². The zero-order valence-electron chi connectivity index (χ0n) is 7.83. The van der Waals surface area contributed by atoms with Crippen molar-refractivity contribution in [1.29, 1.82) is 0 Å². The SMILES string of the molecule is COC1(C)N=C(C(=O)[O-])C=CN1.[Na+]. The van der Waals surface area contributed by atoms with Gasteiger partial charge < -0.3 is 20.0 Å². The van der Waals surface area contributed by atoms with Crippen molar-refractivity contribution in [3.05, 3.63) is 12.3 Å². The van der Waals surface area contributed by atoms with Crippen molar-refractivity contribution in [3.63, 3.8) is 0 Å². The number of aliphatic imine (C=N–C) groups is 1. The zero-order valence-corrected chi connectivity index (χ0v) is 9.83. The van der Waals surface area contributed by atoms with Crippen LogP contribution in [-0.4, -0.2) is 24.6 Å². The normalized spacial score (nSPS) is 25.5. The Hall–Kier alpha value is -0.360. The molecule has 0 aromatic carbocycles. The molecule has 66 valence electrons. The van der Waals surface area contributed by atoms with Crippen molar-refractivity contribution >= 4 is 11.7 Å². The van der Waals surface area contributed by atoms with Crippen LogP contribution in [0.1, 0.15) is 6.92 Å². The molecule has 0 spiro atoms. The summed E-state index contributed by atoms with van der Waals surface area (Å²) in [6, 6.07) is 0. The Balaban J connectivity index is 0.00000144. The molecule has 1 aliphatic rings. The van der Waals surface area contributed by atoms with Crippen molar-refractivity contribution in [2.45, 2.75) is 12.8 Å². The van der Waals surface area contributed by atoms with Gasteiger partial charge in [-0.2, -0.15) is 0 Å². The molecule has 1 rings (SSSR count). The number of rotatable bonds is 2. The predicted molar refractivity (Wildman–Crippen MR) is 40.1 cm³/mol. The van der Waals surface area contributed by atoms with E-state index >= 15 is 0 Å². The molecule has 0 amide bonds. The molecule has 1 unspecified atom stereocenters. The quantitative estimate of drug-likeness (QED) is 0.448. The standard InChI is InChI=1S/C7H10N2O3.Na/c1-7(12-2)8-4-3-5(9-7)6(10)11;/h3-4,8H,1-2H3,(H,10,11);/q;+1/p-1. The summed E-state index contributed by atoms with van der Waals surface area (Å²) >= 11 is 0. The number of nitrogens with zero attached hydrogens (tertiary/aromatic N) is 1. The minimum Gasteiger partial charge on any atom is -0.543 e. The average Bonchev–Trinajstić information content (AvgIpc) is 2.05. The molecule has 1 heterocycles. The maximum Gasteiger partial charge on any atom is 1.00 e. The molecular formula is C7H9N2NaO3. The molecule has 0 aromatic rings. The van der Waals surface area contributed by atoms with E-state index in [0.717, 1.165) is 0 Å². The third kappa shape index (κ3) is 3.11. The summed E-state index contributed by atoms with van der Waals surface area (Å²) in [5.74, 6) is -2.31. The number of hydrogen-bond donors (Lipinski definition) is 1. The average molecular weight is 192 g/mol. The van der Waals surface area contributed by atoms with Crippen LogP contribution in [0.4, 0.5) is 0 Å². The topological polar surface area (TPSA) is 73.8 Å². The van der Waals surface area contributed by atoms with E-state index in [1.165, 1.54) is 19.4 Å². The second-order valence-corrected chi connectivity index (χ2v) is 2.45. The number of aliphatic carboxylic acids is 1. The number of hydrogen-bond acceptors (Lipinski definition) is 5. The van der Waals surface area contributed by atoms with Crippen LogP contribution in [0.3, 0.4) is 0 Å². The Morgan fingerprint density at radius 2 is 2.38 bits per heavy atom. The Morgan fingerprint density at radius 3 is 2.85 bits per heavy atom. The van der Waals surface area contributed by atoms with Gasteiger partial charge in [-0.15, -0.1) is 0 Å². The molecule has 1 N–H and O–H groups in total. The minimum absolute atomic E-state index is 0. The number of ether oxygens (including phenoxy) is 1.